The second kappa shape index (κ2) is 2.86. The summed E-state index contributed by atoms with van der Waals surface area (Å²) in [7, 11) is 0. The van der Waals surface area contributed by atoms with Crippen LogP contribution in [-0.4, -0.2) is 26.4 Å². The van der Waals surface area contributed by atoms with Gasteiger partial charge in [-0.3, -0.25) is 4.79 Å². The van der Waals surface area contributed by atoms with Gasteiger partial charge in [-0.2, -0.15) is 5.21 Å². The topological polar surface area (TPSA) is 71.5 Å². The molecule has 0 aliphatic heterocycles. The van der Waals surface area contributed by atoms with Gasteiger partial charge in [-0.15, -0.1) is 10.2 Å². The molecule has 0 aliphatic carbocycles. The van der Waals surface area contributed by atoms with Gasteiger partial charge in [-0.1, -0.05) is 11.8 Å². The number of rotatable bonds is 3. The minimum Gasteiger partial charge on any atom is -0.294 e. The predicted octanol–water partition coefficient (Wildman–Crippen LogP) is -0.503. The van der Waals surface area contributed by atoms with E-state index in [0.717, 1.165) is 0 Å². The maximum Gasteiger partial charge on any atom is 0.182 e. The van der Waals surface area contributed by atoms with E-state index < -0.39 is 0 Å². The van der Waals surface area contributed by atoms with Crippen LogP contribution in [0.1, 0.15) is 5.82 Å². The molecule has 0 atom stereocenters. The molecule has 1 N–H and O–H groups in total. The minimum absolute atomic E-state index is 0.110. The molecule has 0 saturated heterocycles. The van der Waals surface area contributed by atoms with E-state index in [0.29, 0.717) is 5.82 Å². The van der Waals surface area contributed by atoms with Crippen molar-refractivity contribution in [2.24, 2.45) is 0 Å². The highest BCUT2D eigenvalue weighted by Gasteiger charge is 2.01. The number of hydrogen-bond acceptors (Lipinski definition) is 4. The molecule has 0 aromatic carbocycles. The molecule has 10 heavy (non-hydrogen) atoms. The van der Waals surface area contributed by atoms with Crippen molar-refractivity contribution in [3.63, 3.8) is 0 Å². The molecule has 0 unspecified atom stereocenters. The molecule has 0 radical (unpaired) electrons. The van der Waals surface area contributed by atoms with Crippen molar-refractivity contribution in [2.45, 2.75) is 6.42 Å². The highest BCUT2D eigenvalue weighted by Crippen LogP contribution is 1.87. The molecule has 0 amide bonds. The van der Waals surface area contributed by atoms with Crippen molar-refractivity contribution >= 4 is 5.78 Å². The monoisotopic (exact) mass is 138 g/mol. The van der Waals surface area contributed by atoms with Crippen LogP contribution in [0.25, 0.3) is 0 Å². The summed E-state index contributed by atoms with van der Waals surface area (Å²) >= 11 is 0. The minimum atomic E-state index is -0.110. The van der Waals surface area contributed by atoms with E-state index >= 15 is 0 Å². The molecule has 0 aliphatic rings. The lowest BCUT2D eigenvalue weighted by Crippen LogP contribution is -1.99. The number of carbonyl (C=O) groups is 1. The first kappa shape index (κ1) is 6.60. The molecule has 0 fully saturated rings. The second-order valence-electron chi connectivity index (χ2n) is 1.68. The summed E-state index contributed by atoms with van der Waals surface area (Å²) in [6, 6.07) is 0. The standard InChI is InChI=1S/C5H6N4O/c1-2-4(10)3-5-6-8-9-7-5/h2H,1,3H2,(H,6,7,8,9). The molecule has 1 heterocycles. The summed E-state index contributed by atoms with van der Waals surface area (Å²) in [4.78, 5) is 10.6. The lowest BCUT2D eigenvalue weighted by molar-refractivity contribution is -0.114. The average Bonchev–Trinajstić information content (AvgIpc) is 2.40. The van der Waals surface area contributed by atoms with Gasteiger partial charge in [0.15, 0.2) is 11.6 Å². The van der Waals surface area contributed by atoms with Gasteiger partial charge in [0.25, 0.3) is 0 Å². The van der Waals surface area contributed by atoms with Gasteiger partial charge >= 0.3 is 0 Å². The first-order chi connectivity index (χ1) is 4.83. The Morgan fingerprint density at radius 1 is 1.80 bits per heavy atom. The Bertz CT molecular complexity index is 228. The molecule has 0 bridgehead atoms. The van der Waals surface area contributed by atoms with Crippen molar-refractivity contribution < 1.29 is 4.79 Å². The first-order valence-electron chi connectivity index (χ1n) is 2.70. The van der Waals surface area contributed by atoms with Crippen molar-refractivity contribution in [3.05, 3.63) is 18.5 Å². The third kappa shape index (κ3) is 1.48. The number of hydrogen-bond donors (Lipinski definition) is 1. The second-order valence-corrected chi connectivity index (χ2v) is 1.68. The zero-order chi connectivity index (χ0) is 7.40. The van der Waals surface area contributed by atoms with Gasteiger partial charge in [0, 0.05) is 0 Å². The molecular formula is C5H6N4O. The zero-order valence-corrected chi connectivity index (χ0v) is 5.24. The molecule has 1 aromatic heterocycles. The van der Waals surface area contributed by atoms with E-state index in [2.05, 4.69) is 27.2 Å². The Kier molecular flexibility index (Phi) is 1.89. The van der Waals surface area contributed by atoms with Crippen LogP contribution in [0.4, 0.5) is 0 Å². The molecule has 1 aromatic rings. The number of allylic oxidation sites excluding steroid dienone is 1. The smallest absolute Gasteiger partial charge is 0.182 e. The third-order valence-electron chi connectivity index (χ3n) is 0.949. The first-order valence-corrected chi connectivity index (χ1v) is 2.70. The highest BCUT2D eigenvalue weighted by molar-refractivity contribution is 5.90. The van der Waals surface area contributed by atoms with Crippen LogP contribution in [0, 0.1) is 0 Å². The lowest BCUT2D eigenvalue weighted by atomic mass is 10.3. The average molecular weight is 138 g/mol. The van der Waals surface area contributed by atoms with Crippen LogP contribution >= 0.6 is 0 Å². The quantitative estimate of drug-likeness (QED) is 0.571. The van der Waals surface area contributed by atoms with Gasteiger partial charge in [0.05, 0.1) is 6.42 Å². The van der Waals surface area contributed by atoms with E-state index in [4.69, 9.17) is 0 Å². The molecule has 52 valence electrons. The molecule has 1 rings (SSSR count). The number of H-pyrrole nitrogens is 1. The molecular weight excluding hydrogens is 132 g/mol. The highest BCUT2D eigenvalue weighted by atomic mass is 16.1. The van der Waals surface area contributed by atoms with Gasteiger partial charge < -0.3 is 0 Å². The van der Waals surface area contributed by atoms with Crippen LogP contribution in [0.5, 0.6) is 0 Å². The van der Waals surface area contributed by atoms with Gasteiger partial charge in [0.2, 0.25) is 0 Å². The fourth-order valence-corrected chi connectivity index (χ4v) is 0.485. The summed E-state index contributed by atoms with van der Waals surface area (Å²) < 4.78 is 0. The number of carbonyl (C=O) groups excluding carboxylic acids is 1. The Morgan fingerprint density at radius 2 is 2.60 bits per heavy atom. The molecule has 0 saturated carbocycles. The Morgan fingerprint density at radius 3 is 3.10 bits per heavy atom. The maximum atomic E-state index is 10.6. The van der Waals surface area contributed by atoms with Gasteiger partial charge in [-0.05, 0) is 6.08 Å². The molecule has 0 spiro atoms. The normalized spacial score (nSPS) is 9.20. The molecule has 5 nitrogen and oxygen atoms in total. The third-order valence-corrected chi connectivity index (χ3v) is 0.949. The van der Waals surface area contributed by atoms with E-state index in [1.165, 1.54) is 6.08 Å². The van der Waals surface area contributed by atoms with Crippen LogP contribution in [0.3, 0.4) is 0 Å². The fraction of sp³-hybridized carbons (Fsp3) is 0.200. The van der Waals surface area contributed by atoms with Crippen LogP contribution in [-0.2, 0) is 11.2 Å². The summed E-state index contributed by atoms with van der Waals surface area (Å²) in [5, 5.41) is 12.7. The van der Waals surface area contributed by atoms with Crippen molar-refractivity contribution in [3.8, 4) is 0 Å². The van der Waals surface area contributed by atoms with Crippen molar-refractivity contribution in [2.75, 3.05) is 0 Å². The number of nitrogens with zero attached hydrogens (tertiary/aromatic N) is 3. The Hall–Kier alpha value is -1.52. The lowest BCUT2D eigenvalue weighted by Gasteiger charge is -1.83. The number of nitrogens with one attached hydrogen (secondary N) is 1. The van der Waals surface area contributed by atoms with Crippen LogP contribution in [0.15, 0.2) is 12.7 Å². The van der Waals surface area contributed by atoms with E-state index in [1.807, 2.05) is 0 Å². The summed E-state index contributed by atoms with van der Waals surface area (Å²) in [5.41, 5.74) is 0. The van der Waals surface area contributed by atoms with Gasteiger partial charge in [-0.25, -0.2) is 0 Å². The number of ketones is 1. The summed E-state index contributed by atoms with van der Waals surface area (Å²) in [6.07, 6.45) is 1.40. The summed E-state index contributed by atoms with van der Waals surface area (Å²) in [5.74, 6) is 0.284. The Balaban J connectivity index is 2.56. The van der Waals surface area contributed by atoms with E-state index in [9.17, 15) is 4.79 Å². The van der Waals surface area contributed by atoms with Crippen LogP contribution in [0.2, 0.25) is 0 Å². The largest absolute Gasteiger partial charge is 0.294 e. The van der Waals surface area contributed by atoms with Crippen molar-refractivity contribution in [1.29, 1.82) is 0 Å². The van der Waals surface area contributed by atoms with E-state index in [-0.39, 0.29) is 12.2 Å². The summed E-state index contributed by atoms with van der Waals surface area (Å²) in [6.45, 7) is 3.31. The van der Waals surface area contributed by atoms with Crippen LogP contribution < -0.4 is 0 Å². The zero-order valence-electron chi connectivity index (χ0n) is 5.24. The number of aromatic amines is 1. The SMILES string of the molecule is C=CC(=O)Cc1nn[nH]n1. The predicted molar refractivity (Wildman–Crippen MR) is 33.1 cm³/mol. The molecule has 5 heteroatoms. The number of aromatic nitrogens is 4. The number of tetrazole rings is 1. The van der Waals surface area contributed by atoms with E-state index in [1.54, 1.807) is 0 Å². The Labute approximate surface area is 57.1 Å². The maximum absolute atomic E-state index is 10.6. The van der Waals surface area contributed by atoms with Crippen molar-refractivity contribution in [1.82, 2.24) is 20.6 Å². The van der Waals surface area contributed by atoms with Gasteiger partial charge in [0.1, 0.15) is 0 Å². The fourth-order valence-electron chi connectivity index (χ4n) is 0.485.